The summed E-state index contributed by atoms with van der Waals surface area (Å²) >= 11 is 6.33. The smallest absolute Gasteiger partial charge is 0.251 e. The number of halogens is 2. The van der Waals surface area contributed by atoms with Gasteiger partial charge in [-0.3, -0.25) is 14.8 Å². The van der Waals surface area contributed by atoms with E-state index in [-0.39, 0.29) is 17.0 Å². The van der Waals surface area contributed by atoms with Crippen LogP contribution < -0.4 is 5.32 Å². The van der Waals surface area contributed by atoms with Crippen molar-refractivity contribution in [3.8, 4) is 16.8 Å². The molecule has 166 valence electrons. The summed E-state index contributed by atoms with van der Waals surface area (Å²) in [5, 5.41) is 15.3. The maximum atomic E-state index is 13.6. The molecule has 1 unspecified atom stereocenters. The molecule has 8 nitrogen and oxygen atoms in total. The molecule has 2 aromatic heterocycles. The molecule has 1 aliphatic carbocycles. The molecule has 1 aliphatic rings. The number of benzene rings is 2. The Balaban J connectivity index is 1.56. The second-order valence-electron chi connectivity index (χ2n) is 7.94. The second-order valence-corrected chi connectivity index (χ2v) is 8.35. The highest BCUT2D eigenvalue weighted by atomic mass is 35.5. The van der Waals surface area contributed by atoms with Gasteiger partial charge in [0.2, 0.25) is 0 Å². The zero-order chi connectivity index (χ0) is 22.9. The van der Waals surface area contributed by atoms with Crippen molar-refractivity contribution < 1.29 is 9.18 Å². The number of amides is 1. The van der Waals surface area contributed by atoms with Gasteiger partial charge in [0.25, 0.3) is 5.91 Å². The normalized spacial score (nSPS) is 14.2. The predicted molar refractivity (Wildman–Crippen MR) is 119 cm³/mol. The lowest BCUT2D eigenvalue weighted by atomic mass is 10.0. The molecule has 2 aromatic carbocycles. The Morgan fingerprint density at radius 2 is 2.06 bits per heavy atom. The number of hydrogen-bond acceptors (Lipinski definition) is 6. The highest BCUT2D eigenvalue weighted by Gasteiger charge is 2.30. The van der Waals surface area contributed by atoms with Gasteiger partial charge in [0.05, 0.1) is 28.6 Å². The van der Waals surface area contributed by atoms with Gasteiger partial charge in [-0.1, -0.05) is 11.6 Å². The van der Waals surface area contributed by atoms with E-state index in [1.165, 1.54) is 12.1 Å². The lowest BCUT2D eigenvalue weighted by Gasteiger charge is -2.15. The number of nitrogens with zero attached hydrogens (tertiary/aromatic N) is 6. The molecule has 1 amide bonds. The van der Waals surface area contributed by atoms with E-state index in [1.807, 2.05) is 13.0 Å². The minimum absolute atomic E-state index is 0.241. The first-order valence-corrected chi connectivity index (χ1v) is 10.8. The highest BCUT2D eigenvalue weighted by molar-refractivity contribution is 6.33. The summed E-state index contributed by atoms with van der Waals surface area (Å²) in [6, 6.07) is 9.07. The van der Waals surface area contributed by atoms with Crippen molar-refractivity contribution in [2.45, 2.75) is 31.7 Å². The molecule has 0 aliphatic heterocycles. The Labute approximate surface area is 193 Å². The van der Waals surface area contributed by atoms with Crippen LogP contribution in [0, 0.1) is 5.82 Å². The number of rotatable bonds is 6. The van der Waals surface area contributed by atoms with Crippen molar-refractivity contribution in [3.63, 3.8) is 0 Å². The molecule has 1 saturated carbocycles. The Morgan fingerprint density at radius 1 is 1.21 bits per heavy atom. The van der Waals surface area contributed by atoms with Crippen molar-refractivity contribution in [1.29, 1.82) is 0 Å². The van der Waals surface area contributed by atoms with E-state index in [9.17, 15) is 9.18 Å². The number of hydrogen-bond donors (Lipinski definition) is 1. The maximum Gasteiger partial charge on any atom is 0.251 e. The van der Waals surface area contributed by atoms with E-state index in [4.69, 9.17) is 11.6 Å². The summed E-state index contributed by atoms with van der Waals surface area (Å²) < 4.78 is 15.3. The zero-order valence-corrected chi connectivity index (χ0v) is 18.4. The molecule has 5 rings (SSSR count). The monoisotopic (exact) mass is 463 g/mol. The molecule has 0 radical (unpaired) electrons. The van der Waals surface area contributed by atoms with Crippen LogP contribution in [-0.2, 0) is 0 Å². The number of carbonyl (C=O) groups excluding carboxylic acids is 1. The Kier molecular flexibility index (Phi) is 5.55. The quantitative estimate of drug-likeness (QED) is 0.458. The third kappa shape index (κ3) is 4.45. The van der Waals surface area contributed by atoms with Gasteiger partial charge in [0.1, 0.15) is 5.82 Å². The fraction of sp³-hybridized carbons (Fsp3) is 0.217. The molecular weight excluding hydrogens is 445 g/mol. The van der Waals surface area contributed by atoms with E-state index in [0.29, 0.717) is 34.0 Å². The van der Waals surface area contributed by atoms with Crippen LogP contribution in [0.5, 0.6) is 0 Å². The van der Waals surface area contributed by atoms with E-state index in [0.717, 1.165) is 18.7 Å². The second kappa shape index (κ2) is 8.67. The SMILES string of the molecule is CC(NC(=O)c1cc(-c2ccc(F)cc2Cl)cc(-n2nnnc2C2CC2)c1)c1cnccn1. The van der Waals surface area contributed by atoms with Gasteiger partial charge in [0.15, 0.2) is 5.82 Å². The molecule has 33 heavy (non-hydrogen) atoms. The van der Waals surface area contributed by atoms with Gasteiger partial charge < -0.3 is 5.32 Å². The number of aromatic nitrogens is 6. The van der Waals surface area contributed by atoms with Crippen LogP contribution in [0.25, 0.3) is 16.8 Å². The van der Waals surface area contributed by atoms with Crippen LogP contribution >= 0.6 is 11.6 Å². The first kappa shape index (κ1) is 21.1. The molecule has 0 bridgehead atoms. The molecule has 2 heterocycles. The summed E-state index contributed by atoms with van der Waals surface area (Å²) in [4.78, 5) is 21.5. The van der Waals surface area contributed by atoms with Crippen LogP contribution in [0.15, 0.2) is 55.0 Å². The van der Waals surface area contributed by atoms with Crippen molar-refractivity contribution in [2.75, 3.05) is 0 Å². The lowest BCUT2D eigenvalue weighted by molar-refractivity contribution is 0.0939. The molecular formula is C23H19ClFN7O. The number of nitrogens with one attached hydrogen (secondary N) is 1. The van der Waals surface area contributed by atoms with Gasteiger partial charge in [-0.25, -0.2) is 4.39 Å². The maximum absolute atomic E-state index is 13.6. The first-order valence-electron chi connectivity index (χ1n) is 10.5. The topological polar surface area (TPSA) is 98.5 Å². The summed E-state index contributed by atoms with van der Waals surface area (Å²) in [5.74, 6) is 0.298. The highest BCUT2D eigenvalue weighted by Crippen LogP contribution is 2.39. The van der Waals surface area contributed by atoms with Gasteiger partial charge >= 0.3 is 0 Å². The van der Waals surface area contributed by atoms with Gasteiger partial charge in [-0.2, -0.15) is 4.68 Å². The lowest BCUT2D eigenvalue weighted by Crippen LogP contribution is -2.27. The molecule has 0 saturated heterocycles. The van der Waals surface area contributed by atoms with Crippen LogP contribution in [0.2, 0.25) is 5.02 Å². The summed E-state index contributed by atoms with van der Waals surface area (Å²) in [6.07, 6.45) is 6.79. The molecule has 4 aromatic rings. The van der Waals surface area contributed by atoms with Crippen molar-refractivity contribution in [2.24, 2.45) is 0 Å². The van der Waals surface area contributed by atoms with Gasteiger partial charge in [-0.15, -0.1) is 5.10 Å². The van der Waals surface area contributed by atoms with Crippen LogP contribution in [0.4, 0.5) is 4.39 Å². The fourth-order valence-electron chi connectivity index (χ4n) is 3.61. The standard InChI is InChI=1S/C23H19ClFN7O/c1-13(21-12-26-6-7-27-21)28-23(33)16-8-15(19-5-4-17(25)11-20(19)24)9-18(10-16)32-22(14-2-3-14)29-30-31-32/h4-14H,2-3H2,1H3,(H,28,33). The minimum atomic E-state index is -0.438. The molecule has 1 fully saturated rings. The summed E-state index contributed by atoms with van der Waals surface area (Å²) in [5.41, 5.74) is 2.89. The molecule has 10 heteroatoms. The van der Waals surface area contributed by atoms with Crippen molar-refractivity contribution >= 4 is 17.5 Å². The van der Waals surface area contributed by atoms with Crippen molar-refractivity contribution in [1.82, 2.24) is 35.5 Å². The average Bonchev–Trinajstić information content (AvgIpc) is 3.55. The summed E-state index contributed by atoms with van der Waals surface area (Å²) in [7, 11) is 0. The molecule has 1 atom stereocenters. The predicted octanol–water partition coefficient (Wildman–Crippen LogP) is 4.28. The van der Waals surface area contributed by atoms with Gasteiger partial charge in [0, 0.05) is 29.4 Å². The fourth-order valence-corrected chi connectivity index (χ4v) is 3.88. The largest absolute Gasteiger partial charge is 0.344 e. The number of carbonyl (C=O) groups is 1. The average molecular weight is 464 g/mol. The van der Waals surface area contributed by atoms with Crippen LogP contribution in [-0.4, -0.2) is 36.1 Å². The third-order valence-corrected chi connectivity index (χ3v) is 5.79. The third-order valence-electron chi connectivity index (χ3n) is 5.48. The molecule has 0 spiro atoms. The van der Waals surface area contributed by atoms with E-state index in [2.05, 4.69) is 30.8 Å². The number of tetrazole rings is 1. The van der Waals surface area contributed by atoms with Gasteiger partial charge in [-0.05, 0) is 72.2 Å². The van der Waals surface area contributed by atoms with E-state index < -0.39 is 5.82 Å². The zero-order valence-electron chi connectivity index (χ0n) is 17.6. The van der Waals surface area contributed by atoms with E-state index in [1.54, 1.807) is 41.5 Å². The summed E-state index contributed by atoms with van der Waals surface area (Å²) in [6.45, 7) is 1.83. The molecule has 1 N–H and O–H groups in total. The Bertz CT molecular complexity index is 1320. The first-order chi connectivity index (χ1) is 16.0. The minimum Gasteiger partial charge on any atom is -0.344 e. The van der Waals surface area contributed by atoms with Crippen LogP contribution in [0.1, 0.15) is 53.6 Å². The van der Waals surface area contributed by atoms with Crippen LogP contribution in [0.3, 0.4) is 0 Å². The Morgan fingerprint density at radius 3 is 2.79 bits per heavy atom. The Hall–Kier alpha value is -3.72. The van der Waals surface area contributed by atoms with Crippen molar-refractivity contribution in [3.05, 3.63) is 82.9 Å². The van der Waals surface area contributed by atoms with E-state index >= 15 is 0 Å².